The molecule has 0 amide bonds. The van der Waals surface area contributed by atoms with E-state index in [9.17, 15) is 4.79 Å². The van der Waals surface area contributed by atoms with Gasteiger partial charge in [0.25, 0.3) is 0 Å². The number of carbonyl (C=O) groups is 1. The highest BCUT2D eigenvalue weighted by molar-refractivity contribution is 5.82. The summed E-state index contributed by atoms with van der Waals surface area (Å²) in [5, 5.41) is 0. The van der Waals surface area contributed by atoms with Crippen molar-refractivity contribution in [3.63, 3.8) is 0 Å². The van der Waals surface area contributed by atoms with Gasteiger partial charge in [-0.25, -0.2) is 0 Å². The Morgan fingerprint density at radius 3 is 2.62 bits per heavy atom. The van der Waals surface area contributed by atoms with Crippen LogP contribution in [0.25, 0.3) is 0 Å². The molecule has 3 atom stereocenters. The number of Topliss-reactive ketones (excluding diaryl/α,β-unsaturated/α-hetero) is 1. The Morgan fingerprint density at radius 2 is 1.81 bits per heavy atom. The van der Waals surface area contributed by atoms with Gasteiger partial charge in [0.15, 0.2) is 0 Å². The molecule has 0 N–H and O–H groups in total. The lowest BCUT2D eigenvalue weighted by molar-refractivity contribution is -0.128. The monoisotopic (exact) mass is 215 g/mol. The van der Waals surface area contributed by atoms with Crippen LogP contribution >= 0.6 is 0 Å². The lowest BCUT2D eigenvalue weighted by Crippen LogP contribution is -2.47. The Balaban J connectivity index is 1.81. The average Bonchev–Trinajstić information content (AvgIpc) is 2.35. The quantitative estimate of drug-likeness (QED) is 0.714. The molecule has 84 valence electrons. The van der Waals surface area contributed by atoms with E-state index < -0.39 is 0 Å². The molecule has 0 spiro atoms. The number of ketones is 1. The number of fused-ring (bicyclic) bond motifs is 2. The fraction of sp³-hybridized carbons (Fsp3) is 0.500. The van der Waals surface area contributed by atoms with Crippen LogP contribution in [0.5, 0.6) is 0 Å². The van der Waals surface area contributed by atoms with Gasteiger partial charge in [0.05, 0.1) is 0 Å². The molecule has 3 rings (SSSR count). The zero-order valence-corrected chi connectivity index (χ0v) is 9.43. The summed E-state index contributed by atoms with van der Waals surface area (Å²) in [6.07, 6.45) is 1.82. The summed E-state index contributed by atoms with van der Waals surface area (Å²) in [7, 11) is 0. The maximum absolute atomic E-state index is 11.8. The molecule has 2 heteroatoms. The summed E-state index contributed by atoms with van der Waals surface area (Å²) in [5.74, 6) is 1.34. The van der Waals surface area contributed by atoms with E-state index in [4.69, 9.17) is 0 Å². The third-order valence-electron chi connectivity index (χ3n) is 3.93. The second kappa shape index (κ2) is 4.02. The molecule has 0 radical (unpaired) electrons. The molecule has 1 aromatic rings. The minimum absolute atomic E-state index is 0.299. The van der Waals surface area contributed by atoms with Crippen molar-refractivity contribution in [3.8, 4) is 0 Å². The van der Waals surface area contributed by atoms with Crippen molar-refractivity contribution < 1.29 is 4.79 Å². The fourth-order valence-electron chi connectivity index (χ4n) is 3.05. The lowest BCUT2D eigenvalue weighted by Gasteiger charge is -2.41. The van der Waals surface area contributed by atoms with E-state index in [1.54, 1.807) is 0 Å². The maximum atomic E-state index is 11.8. The van der Waals surface area contributed by atoms with E-state index in [1.165, 1.54) is 5.56 Å². The molecule has 2 bridgehead atoms. The van der Waals surface area contributed by atoms with Gasteiger partial charge in [0, 0.05) is 32.0 Å². The van der Waals surface area contributed by atoms with Crippen molar-refractivity contribution in [2.75, 3.05) is 19.6 Å². The van der Waals surface area contributed by atoms with Crippen molar-refractivity contribution in [3.05, 3.63) is 35.9 Å². The summed E-state index contributed by atoms with van der Waals surface area (Å²) in [6.45, 7) is 3.11. The number of nitrogens with zero attached hydrogens (tertiary/aromatic N) is 1. The number of benzene rings is 1. The Hall–Kier alpha value is -1.15. The van der Waals surface area contributed by atoms with Gasteiger partial charge in [-0.05, 0) is 17.9 Å². The first-order valence-electron chi connectivity index (χ1n) is 6.13. The number of rotatable bonds is 1. The summed E-state index contributed by atoms with van der Waals surface area (Å²) in [5.41, 5.74) is 1.40. The predicted molar refractivity (Wildman–Crippen MR) is 63.4 cm³/mol. The largest absolute Gasteiger partial charge is 0.302 e. The zero-order valence-electron chi connectivity index (χ0n) is 9.43. The first kappa shape index (κ1) is 10.0. The molecular formula is C14H17NO. The average molecular weight is 215 g/mol. The molecule has 2 aliphatic heterocycles. The van der Waals surface area contributed by atoms with Gasteiger partial charge >= 0.3 is 0 Å². The molecule has 2 nitrogen and oxygen atoms in total. The summed E-state index contributed by atoms with van der Waals surface area (Å²) < 4.78 is 0. The molecule has 0 saturated carbocycles. The van der Waals surface area contributed by atoms with Crippen LogP contribution in [-0.2, 0) is 4.79 Å². The van der Waals surface area contributed by atoms with Crippen LogP contribution in [0.3, 0.4) is 0 Å². The van der Waals surface area contributed by atoms with E-state index in [0.29, 0.717) is 17.6 Å². The summed E-state index contributed by atoms with van der Waals surface area (Å²) >= 11 is 0. The Morgan fingerprint density at radius 1 is 1.06 bits per heavy atom. The topological polar surface area (TPSA) is 20.3 Å². The Kier molecular flexibility index (Phi) is 2.52. The van der Waals surface area contributed by atoms with Crippen LogP contribution in [0.4, 0.5) is 0 Å². The second-order valence-electron chi connectivity index (χ2n) is 5.02. The number of piperidine rings is 2. The van der Waals surface area contributed by atoms with E-state index in [1.807, 2.05) is 0 Å². The molecule has 2 fully saturated rings. The molecule has 1 aromatic carbocycles. The molecular weight excluding hydrogens is 198 g/mol. The Labute approximate surface area is 96.3 Å². The molecule has 0 aliphatic carbocycles. The Bertz CT molecular complexity index is 387. The lowest BCUT2D eigenvalue weighted by atomic mass is 9.79. The van der Waals surface area contributed by atoms with Crippen LogP contribution in [-0.4, -0.2) is 30.3 Å². The first-order valence-corrected chi connectivity index (χ1v) is 6.13. The molecule has 0 aromatic heterocycles. The summed E-state index contributed by atoms with van der Waals surface area (Å²) in [6, 6.07) is 10.6. The van der Waals surface area contributed by atoms with Crippen molar-refractivity contribution in [1.82, 2.24) is 4.90 Å². The number of hydrogen-bond donors (Lipinski definition) is 0. The van der Waals surface area contributed by atoms with Crippen LogP contribution in [0.2, 0.25) is 0 Å². The maximum Gasteiger partial charge on any atom is 0.138 e. The van der Waals surface area contributed by atoms with Gasteiger partial charge in [0.2, 0.25) is 0 Å². The minimum atomic E-state index is 0.299. The number of hydrogen-bond acceptors (Lipinski definition) is 2. The second-order valence-corrected chi connectivity index (χ2v) is 5.02. The van der Waals surface area contributed by atoms with Crippen molar-refractivity contribution in [1.29, 1.82) is 0 Å². The highest BCUT2D eigenvalue weighted by Gasteiger charge is 2.35. The van der Waals surface area contributed by atoms with Crippen molar-refractivity contribution >= 4 is 5.78 Å². The van der Waals surface area contributed by atoms with E-state index in [-0.39, 0.29) is 0 Å². The number of carbonyl (C=O) groups excluding carboxylic acids is 1. The minimum Gasteiger partial charge on any atom is -0.302 e. The van der Waals surface area contributed by atoms with Gasteiger partial charge in [-0.3, -0.25) is 4.79 Å². The van der Waals surface area contributed by atoms with E-state index in [2.05, 4.69) is 35.2 Å². The van der Waals surface area contributed by atoms with Gasteiger partial charge in [0.1, 0.15) is 5.78 Å². The zero-order chi connectivity index (χ0) is 11.0. The predicted octanol–water partition coefficient (Wildman–Crippen LogP) is 2.06. The highest BCUT2D eigenvalue weighted by atomic mass is 16.1. The van der Waals surface area contributed by atoms with Crippen molar-refractivity contribution in [2.24, 2.45) is 5.92 Å². The standard InChI is InChI=1S/C14H17NO/c16-14-6-7-15-9-12(8-13(14)10-15)11-4-2-1-3-5-11/h1-5,12-13H,6-10H2. The summed E-state index contributed by atoms with van der Waals surface area (Å²) in [4.78, 5) is 14.2. The van der Waals surface area contributed by atoms with E-state index >= 15 is 0 Å². The fourth-order valence-corrected chi connectivity index (χ4v) is 3.05. The first-order chi connectivity index (χ1) is 7.83. The van der Waals surface area contributed by atoms with Crippen LogP contribution in [0.1, 0.15) is 24.3 Å². The highest BCUT2D eigenvalue weighted by Crippen LogP contribution is 2.33. The van der Waals surface area contributed by atoms with Crippen LogP contribution in [0, 0.1) is 5.92 Å². The van der Waals surface area contributed by atoms with Gasteiger partial charge in [-0.1, -0.05) is 30.3 Å². The molecule has 2 aliphatic rings. The normalized spacial score (nSPS) is 33.8. The van der Waals surface area contributed by atoms with Crippen molar-refractivity contribution in [2.45, 2.75) is 18.8 Å². The molecule has 3 unspecified atom stereocenters. The van der Waals surface area contributed by atoms with Crippen LogP contribution in [0.15, 0.2) is 30.3 Å². The van der Waals surface area contributed by atoms with Gasteiger partial charge in [-0.2, -0.15) is 0 Å². The smallest absolute Gasteiger partial charge is 0.138 e. The molecule has 2 heterocycles. The molecule has 2 saturated heterocycles. The third-order valence-corrected chi connectivity index (χ3v) is 3.93. The third kappa shape index (κ3) is 1.78. The van der Waals surface area contributed by atoms with Crippen LogP contribution < -0.4 is 0 Å². The van der Waals surface area contributed by atoms with E-state index in [0.717, 1.165) is 32.5 Å². The van der Waals surface area contributed by atoms with Gasteiger partial charge < -0.3 is 4.90 Å². The molecule has 16 heavy (non-hydrogen) atoms. The SMILES string of the molecule is O=C1CCN2CC1CC(c1ccccc1)C2. The van der Waals surface area contributed by atoms with Gasteiger partial charge in [-0.15, -0.1) is 0 Å².